The van der Waals surface area contributed by atoms with Gasteiger partial charge < -0.3 is 9.30 Å². The van der Waals surface area contributed by atoms with Gasteiger partial charge in [0.2, 0.25) is 0 Å². The van der Waals surface area contributed by atoms with Crippen LogP contribution in [-0.2, 0) is 27.3 Å². The van der Waals surface area contributed by atoms with Crippen LogP contribution in [0, 0.1) is 0 Å². The molecule has 1 aliphatic heterocycles. The van der Waals surface area contributed by atoms with Gasteiger partial charge in [0.1, 0.15) is 18.4 Å². The van der Waals surface area contributed by atoms with Crippen molar-refractivity contribution in [3.05, 3.63) is 101 Å². The predicted molar refractivity (Wildman–Crippen MR) is 143 cm³/mol. The minimum atomic E-state index is -0.656. The molecule has 182 valence electrons. The van der Waals surface area contributed by atoms with Crippen molar-refractivity contribution in [3.8, 4) is 0 Å². The number of para-hydroxylation sites is 1. The molecule has 1 aromatic heterocycles. The number of hydrogen-bond donors (Lipinski definition) is 0. The summed E-state index contributed by atoms with van der Waals surface area (Å²) in [4.78, 5) is 32.9. The fourth-order valence-corrected chi connectivity index (χ4v) is 4.77. The molecule has 2 heterocycles. The first kappa shape index (κ1) is 23.8. The number of aliphatic imine (C=N–C) groups is 1. The maximum atomic E-state index is 14.0. The number of fused-ring (bicyclic) bond motifs is 3. The largest absolute Gasteiger partial charge is 0.465 e. The SMILES string of the molecule is CCOC(=O)CN1C(=O)C(Cc2ccccc2)N=Cc2c1n(Cc1ccc(Cl)cc1)c1ccccc21. The zero-order valence-corrected chi connectivity index (χ0v) is 20.7. The van der Waals surface area contributed by atoms with E-state index < -0.39 is 12.0 Å². The molecule has 0 spiro atoms. The highest BCUT2D eigenvalue weighted by atomic mass is 35.5. The first-order chi connectivity index (χ1) is 17.5. The van der Waals surface area contributed by atoms with Gasteiger partial charge in [0.15, 0.2) is 0 Å². The summed E-state index contributed by atoms with van der Waals surface area (Å²) in [6.45, 7) is 2.31. The molecule has 1 amide bonds. The van der Waals surface area contributed by atoms with Crippen LogP contribution in [0.5, 0.6) is 0 Å². The van der Waals surface area contributed by atoms with Crippen LogP contribution in [0.1, 0.15) is 23.6 Å². The molecule has 0 radical (unpaired) electrons. The van der Waals surface area contributed by atoms with Gasteiger partial charge in [-0.05, 0) is 36.2 Å². The Morgan fingerprint density at radius 3 is 2.44 bits per heavy atom. The van der Waals surface area contributed by atoms with Crippen LogP contribution < -0.4 is 4.90 Å². The highest BCUT2D eigenvalue weighted by molar-refractivity contribution is 6.30. The molecule has 7 heteroatoms. The van der Waals surface area contributed by atoms with Crippen molar-refractivity contribution >= 4 is 46.4 Å². The Labute approximate surface area is 214 Å². The van der Waals surface area contributed by atoms with E-state index in [0.717, 1.165) is 27.6 Å². The van der Waals surface area contributed by atoms with Crippen molar-refractivity contribution in [1.29, 1.82) is 0 Å². The molecule has 0 saturated heterocycles. The number of amides is 1. The highest BCUT2D eigenvalue weighted by Crippen LogP contribution is 2.35. The molecular weight excluding hydrogens is 474 g/mol. The molecule has 1 aliphatic rings. The van der Waals surface area contributed by atoms with Crippen molar-refractivity contribution in [2.75, 3.05) is 18.1 Å². The van der Waals surface area contributed by atoms with E-state index in [9.17, 15) is 9.59 Å². The Kier molecular flexibility index (Phi) is 6.87. The smallest absolute Gasteiger partial charge is 0.326 e. The van der Waals surface area contributed by atoms with E-state index in [4.69, 9.17) is 21.3 Å². The number of rotatable bonds is 7. The molecule has 5 rings (SSSR count). The second kappa shape index (κ2) is 10.4. The summed E-state index contributed by atoms with van der Waals surface area (Å²) < 4.78 is 7.32. The predicted octanol–water partition coefficient (Wildman–Crippen LogP) is 5.28. The lowest BCUT2D eigenvalue weighted by atomic mass is 10.1. The minimum absolute atomic E-state index is 0.189. The molecule has 6 nitrogen and oxygen atoms in total. The summed E-state index contributed by atoms with van der Waals surface area (Å²) in [5, 5.41) is 1.62. The van der Waals surface area contributed by atoms with Crippen LogP contribution >= 0.6 is 11.6 Å². The Hall–Kier alpha value is -3.90. The maximum absolute atomic E-state index is 14.0. The summed E-state index contributed by atoms with van der Waals surface area (Å²) in [7, 11) is 0. The maximum Gasteiger partial charge on any atom is 0.326 e. The molecule has 3 aromatic carbocycles. The van der Waals surface area contributed by atoms with Gasteiger partial charge in [-0.25, -0.2) is 0 Å². The zero-order valence-electron chi connectivity index (χ0n) is 19.9. The van der Waals surface area contributed by atoms with Gasteiger partial charge in [-0.3, -0.25) is 19.5 Å². The number of aromatic nitrogens is 1. The van der Waals surface area contributed by atoms with Crippen molar-refractivity contribution in [1.82, 2.24) is 4.57 Å². The second-order valence-electron chi connectivity index (χ2n) is 8.68. The number of esters is 1. The van der Waals surface area contributed by atoms with Crippen molar-refractivity contribution < 1.29 is 14.3 Å². The summed E-state index contributed by atoms with van der Waals surface area (Å²) in [6, 6.07) is 24.7. The van der Waals surface area contributed by atoms with E-state index >= 15 is 0 Å². The molecule has 1 unspecified atom stereocenters. The van der Waals surface area contributed by atoms with Crippen LogP contribution in [0.15, 0.2) is 83.9 Å². The average molecular weight is 500 g/mol. The molecule has 1 atom stereocenters. The highest BCUT2D eigenvalue weighted by Gasteiger charge is 2.34. The monoisotopic (exact) mass is 499 g/mol. The number of nitrogens with zero attached hydrogens (tertiary/aromatic N) is 3. The molecule has 36 heavy (non-hydrogen) atoms. The van der Waals surface area contributed by atoms with E-state index in [-0.39, 0.29) is 19.1 Å². The average Bonchev–Trinajstić information content (AvgIpc) is 3.12. The van der Waals surface area contributed by atoms with Crippen LogP contribution in [0.25, 0.3) is 10.9 Å². The quantitative estimate of drug-likeness (QED) is 0.325. The number of ether oxygens (including phenoxy) is 1. The Bertz CT molecular complexity index is 1430. The van der Waals surface area contributed by atoms with Gasteiger partial charge in [-0.2, -0.15) is 0 Å². The topological polar surface area (TPSA) is 63.9 Å². The summed E-state index contributed by atoms with van der Waals surface area (Å²) in [5.74, 6) is -0.0500. The van der Waals surface area contributed by atoms with Gasteiger partial charge >= 0.3 is 5.97 Å². The van der Waals surface area contributed by atoms with Crippen molar-refractivity contribution in [2.45, 2.75) is 25.9 Å². The van der Waals surface area contributed by atoms with Crippen molar-refractivity contribution in [2.24, 2.45) is 4.99 Å². The lowest BCUT2D eigenvalue weighted by Gasteiger charge is -2.26. The molecule has 0 aliphatic carbocycles. The van der Waals surface area contributed by atoms with Crippen LogP contribution in [0.3, 0.4) is 0 Å². The van der Waals surface area contributed by atoms with Gasteiger partial charge in [-0.1, -0.05) is 72.3 Å². The van der Waals surface area contributed by atoms with Crippen molar-refractivity contribution in [3.63, 3.8) is 0 Å². The molecule has 0 N–H and O–H groups in total. The van der Waals surface area contributed by atoms with E-state index in [0.29, 0.717) is 23.8 Å². The van der Waals surface area contributed by atoms with Gasteiger partial charge in [0, 0.05) is 35.2 Å². The van der Waals surface area contributed by atoms with Gasteiger partial charge in [0.25, 0.3) is 5.91 Å². The number of anilines is 1. The first-order valence-electron chi connectivity index (χ1n) is 11.9. The van der Waals surface area contributed by atoms with Crippen LogP contribution in [0.4, 0.5) is 5.82 Å². The van der Waals surface area contributed by atoms with Gasteiger partial charge in [-0.15, -0.1) is 0 Å². The zero-order chi connectivity index (χ0) is 25.1. The minimum Gasteiger partial charge on any atom is -0.465 e. The van der Waals surface area contributed by atoms with Gasteiger partial charge in [0.05, 0.1) is 12.1 Å². The molecular formula is C29H26ClN3O3. The lowest BCUT2D eigenvalue weighted by molar-refractivity contribution is -0.142. The molecule has 0 saturated carbocycles. The molecule has 0 bridgehead atoms. The number of hydrogen-bond acceptors (Lipinski definition) is 4. The number of carbonyl (C=O) groups excluding carboxylic acids is 2. The summed E-state index contributed by atoms with van der Waals surface area (Å²) in [5.41, 5.74) is 3.79. The fourth-order valence-electron chi connectivity index (χ4n) is 4.65. The fraction of sp³-hybridized carbons (Fsp3) is 0.207. The number of carbonyl (C=O) groups is 2. The third-order valence-electron chi connectivity index (χ3n) is 6.29. The van der Waals surface area contributed by atoms with E-state index in [1.807, 2.05) is 78.9 Å². The Morgan fingerprint density at radius 2 is 1.69 bits per heavy atom. The molecule has 0 fully saturated rings. The van der Waals surface area contributed by atoms with E-state index in [1.54, 1.807) is 18.0 Å². The first-order valence-corrected chi connectivity index (χ1v) is 12.3. The van der Waals surface area contributed by atoms with E-state index in [1.165, 1.54) is 0 Å². The number of halogens is 1. The lowest BCUT2D eigenvalue weighted by Crippen LogP contribution is -2.43. The third kappa shape index (κ3) is 4.77. The Morgan fingerprint density at radius 1 is 0.972 bits per heavy atom. The standard InChI is InChI=1S/C29H26ClN3O3/c1-2-36-27(34)19-33-28-24(17-31-25(29(33)35)16-20-8-4-3-5-9-20)23-10-6-7-11-26(23)32(28)18-21-12-14-22(30)15-13-21/h3-15,17,25H,2,16,18-19H2,1H3. The normalized spacial score (nSPS) is 15.1. The second-order valence-corrected chi connectivity index (χ2v) is 9.12. The van der Waals surface area contributed by atoms with E-state index in [2.05, 4.69) is 4.57 Å². The molecule has 4 aromatic rings. The van der Waals surface area contributed by atoms with Crippen LogP contribution in [0.2, 0.25) is 5.02 Å². The third-order valence-corrected chi connectivity index (χ3v) is 6.54. The van der Waals surface area contributed by atoms with Crippen LogP contribution in [-0.4, -0.2) is 41.9 Å². The number of benzene rings is 3. The summed E-state index contributed by atoms with van der Waals surface area (Å²) >= 11 is 6.11. The summed E-state index contributed by atoms with van der Waals surface area (Å²) in [6.07, 6.45) is 2.22. The Balaban J connectivity index is 1.64.